The van der Waals surface area contributed by atoms with Crippen molar-refractivity contribution < 1.29 is 4.74 Å². The van der Waals surface area contributed by atoms with Crippen molar-refractivity contribution in [3.05, 3.63) is 16.1 Å². The van der Waals surface area contributed by atoms with Gasteiger partial charge in [-0.1, -0.05) is 6.92 Å². The molecule has 0 aliphatic rings. The highest BCUT2D eigenvalue weighted by molar-refractivity contribution is 7.09. The zero-order chi connectivity index (χ0) is 11.1. The van der Waals surface area contributed by atoms with Gasteiger partial charge in [-0.05, 0) is 19.9 Å². The summed E-state index contributed by atoms with van der Waals surface area (Å²) < 4.78 is 5.21. The third kappa shape index (κ3) is 4.73. The molecular formula is C11H20N2OS. The third-order valence-corrected chi connectivity index (χ3v) is 3.12. The van der Waals surface area contributed by atoms with Crippen molar-refractivity contribution in [2.75, 3.05) is 13.7 Å². The van der Waals surface area contributed by atoms with Crippen molar-refractivity contribution in [1.29, 1.82) is 0 Å². The topological polar surface area (TPSA) is 34.1 Å². The first-order chi connectivity index (χ1) is 7.26. The number of nitrogens with zero attached hydrogens (tertiary/aromatic N) is 1. The number of hydrogen-bond donors (Lipinski definition) is 1. The first-order valence-electron chi connectivity index (χ1n) is 5.43. The Morgan fingerprint density at radius 2 is 2.40 bits per heavy atom. The predicted molar refractivity (Wildman–Crippen MR) is 64.3 cm³/mol. The number of hydrogen-bond acceptors (Lipinski definition) is 4. The molecule has 0 aliphatic heterocycles. The Hall–Kier alpha value is -0.450. The summed E-state index contributed by atoms with van der Waals surface area (Å²) >= 11 is 1.72. The van der Waals surface area contributed by atoms with Crippen LogP contribution in [-0.2, 0) is 17.7 Å². The van der Waals surface area contributed by atoms with Gasteiger partial charge < -0.3 is 10.1 Å². The summed E-state index contributed by atoms with van der Waals surface area (Å²) in [6.45, 7) is 6.17. The van der Waals surface area contributed by atoms with E-state index in [9.17, 15) is 0 Å². The van der Waals surface area contributed by atoms with Gasteiger partial charge in [-0.2, -0.15) is 0 Å². The maximum Gasteiger partial charge on any atom is 0.0954 e. The number of ether oxygens (including phenoxy) is 1. The van der Waals surface area contributed by atoms with Crippen LogP contribution in [0.4, 0.5) is 0 Å². The highest BCUT2D eigenvalue weighted by Crippen LogP contribution is 2.12. The predicted octanol–water partition coefficient (Wildman–Crippen LogP) is 2.22. The lowest BCUT2D eigenvalue weighted by atomic mass is 10.3. The van der Waals surface area contributed by atoms with Gasteiger partial charge in [0.1, 0.15) is 0 Å². The second-order valence-electron chi connectivity index (χ2n) is 3.66. The van der Waals surface area contributed by atoms with Gasteiger partial charge in [-0.25, -0.2) is 4.98 Å². The summed E-state index contributed by atoms with van der Waals surface area (Å²) in [5.41, 5.74) is 1.15. The summed E-state index contributed by atoms with van der Waals surface area (Å²) in [6.07, 6.45) is 2.33. The van der Waals surface area contributed by atoms with E-state index in [-0.39, 0.29) is 6.10 Å². The van der Waals surface area contributed by atoms with Gasteiger partial charge in [0, 0.05) is 25.5 Å². The van der Waals surface area contributed by atoms with Crippen molar-refractivity contribution in [2.24, 2.45) is 0 Å². The monoisotopic (exact) mass is 228 g/mol. The molecule has 0 radical (unpaired) electrons. The summed E-state index contributed by atoms with van der Waals surface area (Å²) in [7, 11) is 1.74. The number of nitrogens with one attached hydrogen (secondary N) is 1. The molecule has 1 aromatic heterocycles. The maximum absolute atomic E-state index is 5.21. The molecule has 1 aromatic rings. The standard InChI is InChI=1S/C11H20N2OS/c1-4-5-12-7-10-8-15-11(13-10)6-9(2)14-3/h8-9,12H,4-7H2,1-3H3. The molecule has 4 heteroatoms. The minimum Gasteiger partial charge on any atom is -0.381 e. The Kier molecular flexibility index (Phi) is 5.83. The minimum atomic E-state index is 0.257. The van der Waals surface area contributed by atoms with Crippen LogP contribution in [0.2, 0.25) is 0 Å². The summed E-state index contributed by atoms with van der Waals surface area (Å²) in [5, 5.41) is 6.63. The van der Waals surface area contributed by atoms with Crippen LogP contribution in [0.15, 0.2) is 5.38 Å². The number of aromatic nitrogens is 1. The van der Waals surface area contributed by atoms with Gasteiger partial charge in [-0.3, -0.25) is 0 Å². The molecular weight excluding hydrogens is 208 g/mol. The van der Waals surface area contributed by atoms with E-state index in [1.54, 1.807) is 18.4 Å². The van der Waals surface area contributed by atoms with E-state index in [1.807, 2.05) is 0 Å². The lowest BCUT2D eigenvalue weighted by molar-refractivity contribution is 0.118. The Labute approximate surface area is 95.9 Å². The minimum absolute atomic E-state index is 0.257. The molecule has 1 heterocycles. The van der Waals surface area contributed by atoms with Gasteiger partial charge in [0.05, 0.1) is 16.8 Å². The number of rotatable bonds is 7. The van der Waals surface area contributed by atoms with Crippen LogP contribution in [0, 0.1) is 0 Å². The molecule has 15 heavy (non-hydrogen) atoms. The average Bonchev–Trinajstić information content (AvgIpc) is 2.66. The molecule has 1 rings (SSSR count). The van der Waals surface area contributed by atoms with Gasteiger partial charge in [-0.15, -0.1) is 11.3 Å². The molecule has 1 N–H and O–H groups in total. The van der Waals surface area contributed by atoms with E-state index in [4.69, 9.17) is 4.74 Å². The highest BCUT2D eigenvalue weighted by Gasteiger charge is 2.06. The van der Waals surface area contributed by atoms with Crippen LogP contribution in [0.25, 0.3) is 0 Å². The normalized spacial score (nSPS) is 13.0. The molecule has 0 bridgehead atoms. The van der Waals surface area contributed by atoms with E-state index < -0.39 is 0 Å². The fourth-order valence-electron chi connectivity index (χ4n) is 1.25. The molecule has 0 spiro atoms. The summed E-state index contributed by atoms with van der Waals surface area (Å²) in [5.74, 6) is 0. The van der Waals surface area contributed by atoms with E-state index in [0.717, 1.165) is 36.6 Å². The molecule has 1 unspecified atom stereocenters. The van der Waals surface area contributed by atoms with Gasteiger partial charge in [0.25, 0.3) is 0 Å². The molecule has 0 aromatic carbocycles. The lowest BCUT2D eigenvalue weighted by Gasteiger charge is -2.05. The quantitative estimate of drug-likeness (QED) is 0.727. The molecule has 1 atom stereocenters. The van der Waals surface area contributed by atoms with Crippen molar-refractivity contribution >= 4 is 11.3 Å². The maximum atomic E-state index is 5.21. The molecule has 0 saturated carbocycles. The second-order valence-corrected chi connectivity index (χ2v) is 4.60. The van der Waals surface area contributed by atoms with E-state index in [0.29, 0.717) is 0 Å². The molecule has 0 amide bonds. The van der Waals surface area contributed by atoms with Crippen LogP contribution < -0.4 is 5.32 Å². The van der Waals surface area contributed by atoms with E-state index >= 15 is 0 Å². The third-order valence-electron chi connectivity index (χ3n) is 2.20. The Balaban J connectivity index is 2.35. The fourth-order valence-corrected chi connectivity index (χ4v) is 2.16. The lowest BCUT2D eigenvalue weighted by Crippen LogP contribution is -2.14. The van der Waals surface area contributed by atoms with Crippen LogP contribution in [0.1, 0.15) is 31.0 Å². The van der Waals surface area contributed by atoms with Gasteiger partial charge in [0.2, 0.25) is 0 Å². The van der Waals surface area contributed by atoms with Crippen molar-refractivity contribution in [2.45, 2.75) is 39.3 Å². The first-order valence-corrected chi connectivity index (χ1v) is 6.31. The number of thiazole rings is 1. The van der Waals surface area contributed by atoms with Gasteiger partial charge >= 0.3 is 0 Å². The molecule has 0 saturated heterocycles. The van der Waals surface area contributed by atoms with E-state index in [2.05, 4.69) is 29.5 Å². The Morgan fingerprint density at radius 3 is 3.07 bits per heavy atom. The molecule has 86 valence electrons. The highest BCUT2D eigenvalue weighted by atomic mass is 32.1. The number of methoxy groups -OCH3 is 1. The first kappa shape index (κ1) is 12.6. The second kappa shape index (κ2) is 6.93. The van der Waals surface area contributed by atoms with Gasteiger partial charge in [0.15, 0.2) is 0 Å². The fraction of sp³-hybridized carbons (Fsp3) is 0.727. The van der Waals surface area contributed by atoms with Crippen LogP contribution in [0.5, 0.6) is 0 Å². The van der Waals surface area contributed by atoms with Crippen molar-refractivity contribution in [3.63, 3.8) is 0 Å². The van der Waals surface area contributed by atoms with E-state index in [1.165, 1.54) is 0 Å². The zero-order valence-corrected chi connectivity index (χ0v) is 10.6. The SMILES string of the molecule is CCCNCc1csc(CC(C)OC)n1. The zero-order valence-electron chi connectivity index (χ0n) is 9.75. The molecule has 0 aliphatic carbocycles. The van der Waals surface area contributed by atoms with Crippen molar-refractivity contribution in [3.8, 4) is 0 Å². The van der Waals surface area contributed by atoms with Crippen LogP contribution in [-0.4, -0.2) is 24.7 Å². The smallest absolute Gasteiger partial charge is 0.0954 e. The summed E-state index contributed by atoms with van der Waals surface area (Å²) in [4.78, 5) is 4.55. The van der Waals surface area contributed by atoms with Crippen LogP contribution in [0.3, 0.4) is 0 Å². The Morgan fingerprint density at radius 1 is 1.60 bits per heavy atom. The molecule has 0 fully saturated rings. The average molecular weight is 228 g/mol. The summed E-state index contributed by atoms with van der Waals surface area (Å²) in [6, 6.07) is 0. The molecule has 3 nitrogen and oxygen atoms in total. The van der Waals surface area contributed by atoms with Crippen LogP contribution >= 0.6 is 11.3 Å². The Bertz CT molecular complexity index is 275. The van der Waals surface area contributed by atoms with Crippen molar-refractivity contribution in [1.82, 2.24) is 10.3 Å². The largest absolute Gasteiger partial charge is 0.381 e.